The predicted molar refractivity (Wildman–Crippen MR) is 80.7 cm³/mol. The molecule has 0 saturated carbocycles. The molecule has 1 N–H and O–H groups in total. The summed E-state index contributed by atoms with van der Waals surface area (Å²) in [5.41, 5.74) is 1.39. The zero-order valence-electron chi connectivity index (χ0n) is 11.0. The lowest BCUT2D eigenvalue weighted by Crippen LogP contribution is -2.29. The average molecular weight is 319 g/mol. The van der Waals surface area contributed by atoms with Crippen molar-refractivity contribution in [1.82, 2.24) is 10.2 Å². The van der Waals surface area contributed by atoms with Crippen molar-refractivity contribution in [3.8, 4) is 0 Å². The number of likely N-dealkylation sites (N-methyl/N-ethyl adjacent to an activating group) is 1. The molecule has 1 aromatic rings. The molecule has 0 atom stereocenters. The van der Waals surface area contributed by atoms with Crippen molar-refractivity contribution in [2.24, 2.45) is 5.92 Å². The molecule has 98 valence electrons. The number of hydrogen-bond donors (Lipinski definition) is 1. The minimum atomic E-state index is 0.795. The molecule has 1 aromatic heterocycles. The fraction of sp³-hybridized carbons (Fsp3) is 0.692. The molecule has 0 aliphatic heterocycles. The van der Waals surface area contributed by atoms with Gasteiger partial charge in [-0.25, -0.2) is 0 Å². The van der Waals surface area contributed by atoms with Crippen LogP contribution in [0.2, 0.25) is 0 Å². The fourth-order valence-electron chi connectivity index (χ4n) is 1.61. The Hall–Kier alpha value is 0.100. The molecule has 0 fully saturated rings. The minimum Gasteiger partial charge on any atom is -0.315 e. The Morgan fingerprint density at radius 1 is 1.41 bits per heavy atom. The van der Waals surface area contributed by atoms with Crippen molar-refractivity contribution >= 4 is 27.3 Å². The van der Waals surface area contributed by atoms with Crippen molar-refractivity contribution < 1.29 is 0 Å². The summed E-state index contributed by atoms with van der Waals surface area (Å²) in [7, 11) is 2.18. The van der Waals surface area contributed by atoms with E-state index < -0.39 is 0 Å². The summed E-state index contributed by atoms with van der Waals surface area (Å²) in [6.45, 7) is 8.88. The van der Waals surface area contributed by atoms with E-state index in [9.17, 15) is 0 Å². The van der Waals surface area contributed by atoms with Gasteiger partial charge in [0.1, 0.15) is 0 Å². The van der Waals surface area contributed by atoms with Crippen LogP contribution < -0.4 is 5.32 Å². The van der Waals surface area contributed by atoms with Crippen LogP contribution in [0.15, 0.2) is 15.2 Å². The molecule has 0 aliphatic rings. The summed E-state index contributed by atoms with van der Waals surface area (Å²) in [6, 6.07) is 2.20. The van der Waals surface area contributed by atoms with Gasteiger partial charge in [-0.15, -0.1) is 11.3 Å². The summed E-state index contributed by atoms with van der Waals surface area (Å²) in [5, 5.41) is 5.71. The largest absolute Gasteiger partial charge is 0.315 e. The molecule has 0 aromatic carbocycles. The Morgan fingerprint density at radius 3 is 2.76 bits per heavy atom. The highest BCUT2D eigenvalue weighted by Gasteiger charge is 2.02. The van der Waals surface area contributed by atoms with Crippen LogP contribution in [0, 0.1) is 5.92 Å². The van der Waals surface area contributed by atoms with Gasteiger partial charge in [-0.05, 0) is 58.9 Å². The van der Waals surface area contributed by atoms with Gasteiger partial charge in [0.2, 0.25) is 0 Å². The third-order valence-corrected chi connectivity index (χ3v) is 4.20. The summed E-state index contributed by atoms with van der Waals surface area (Å²) < 4.78 is 1.22. The first kappa shape index (κ1) is 15.2. The van der Waals surface area contributed by atoms with E-state index in [1.807, 2.05) is 0 Å². The van der Waals surface area contributed by atoms with Crippen LogP contribution in [0.25, 0.3) is 0 Å². The number of hydrogen-bond acceptors (Lipinski definition) is 3. The van der Waals surface area contributed by atoms with Gasteiger partial charge in [-0.1, -0.05) is 13.8 Å². The van der Waals surface area contributed by atoms with E-state index in [1.54, 1.807) is 11.3 Å². The second kappa shape index (κ2) is 8.25. The molecule has 0 amide bonds. The maximum Gasteiger partial charge on any atom is 0.0701 e. The number of rotatable bonds is 8. The van der Waals surface area contributed by atoms with Crippen LogP contribution in [0.1, 0.15) is 25.8 Å². The van der Waals surface area contributed by atoms with Crippen molar-refractivity contribution in [3.05, 3.63) is 20.8 Å². The minimum absolute atomic E-state index is 0.795. The molecule has 0 unspecified atom stereocenters. The molecule has 4 heteroatoms. The lowest BCUT2D eigenvalue weighted by atomic mass is 10.1. The van der Waals surface area contributed by atoms with Gasteiger partial charge in [0.05, 0.1) is 3.79 Å². The normalized spacial score (nSPS) is 11.6. The first-order valence-corrected chi connectivity index (χ1v) is 7.87. The molecule has 0 radical (unpaired) electrons. The molecule has 0 spiro atoms. The lowest BCUT2D eigenvalue weighted by molar-refractivity contribution is 0.323. The molecule has 2 nitrogen and oxygen atoms in total. The average Bonchev–Trinajstić information content (AvgIpc) is 2.63. The number of nitrogens with one attached hydrogen (secondary N) is 1. The van der Waals surface area contributed by atoms with Crippen LogP contribution in [0.3, 0.4) is 0 Å². The summed E-state index contributed by atoms with van der Waals surface area (Å²) >= 11 is 5.25. The van der Waals surface area contributed by atoms with E-state index in [2.05, 4.69) is 58.5 Å². The predicted octanol–water partition coefficient (Wildman–Crippen LogP) is 3.58. The molecule has 0 bridgehead atoms. The maximum absolute atomic E-state index is 3.50. The second-order valence-corrected chi connectivity index (χ2v) is 7.22. The zero-order valence-corrected chi connectivity index (χ0v) is 13.4. The van der Waals surface area contributed by atoms with Crippen LogP contribution in [0.4, 0.5) is 0 Å². The lowest BCUT2D eigenvalue weighted by Gasteiger charge is -2.16. The Balaban J connectivity index is 2.07. The summed E-state index contributed by atoms with van der Waals surface area (Å²) in [4.78, 5) is 2.36. The molecule has 17 heavy (non-hydrogen) atoms. The number of nitrogens with zero attached hydrogens (tertiary/aromatic N) is 1. The van der Waals surface area contributed by atoms with Gasteiger partial charge in [-0.2, -0.15) is 0 Å². The van der Waals surface area contributed by atoms with E-state index >= 15 is 0 Å². The van der Waals surface area contributed by atoms with Crippen molar-refractivity contribution in [3.63, 3.8) is 0 Å². The SMILES string of the molecule is CC(C)CCNCCN(C)Cc1csc(Br)c1. The number of thiophene rings is 1. The zero-order chi connectivity index (χ0) is 12.7. The first-order chi connectivity index (χ1) is 8.08. The highest BCUT2D eigenvalue weighted by Crippen LogP contribution is 2.21. The molecule has 1 heterocycles. The fourth-order valence-corrected chi connectivity index (χ4v) is 2.81. The van der Waals surface area contributed by atoms with Crippen molar-refractivity contribution in [2.75, 3.05) is 26.7 Å². The van der Waals surface area contributed by atoms with E-state index in [0.29, 0.717) is 0 Å². The quantitative estimate of drug-likeness (QED) is 0.737. The van der Waals surface area contributed by atoms with E-state index in [-0.39, 0.29) is 0 Å². The van der Waals surface area contributed by atoms with Gasteiger partial charge in [0, 0.05) is 19.6 Å². The number of halogens is 1. The summed E-state index contributed by atoms with van der Waals surface area (Å²) in [6.07, 6.45) is 1.27. The Bertz CT molecular complexity index is 312. The van der Waals surface area contributed by atoms with Gasteiger partial charge in [0.25, 0.3) is 0 Å². The Labute approximate surface area is 118 Å². The van der Waals surface area contributed by atoms with E-state index in [0.717, 1.165) is 32.1 Å². The smallest absolute Gasteiger partial charge is 0.0701 e. The third-order valence-electron chi connectivity index (χ3n) is 2.64. The van der Waals surface area contributed by atoms with Crippen LogP contribution in [-0.4, -0.2) is 31.6 Å². The van der Waals surface area contributed by atoms with Gasteiger partial charge in [0.15, 0.2) is 0 Å². The molecular formula is C13H23BrN2S. The van der Waals surface area contributed by atoms with E-state index in [1.165, 1.54) is 15.8 Å². The topological polar surface area (TPSA) is 15.3 Å². The molecular weight excluding hydrogens is 296 g/mol. The molecule has 0 saturated heterocycles. The maximum atomic E-state index is 3.50. The van der Waals surface area contributed by atoms with Crippen LogP contribution >= 0.6 is 27.3 Å². The van der Waals surface area contributed by atoms with Gasteiger partial charge in [-0.3, -0.25) is 0 Å². The highest BCUT2D eigenvalue weighted by atomic mass is 79.9. The van der Waals surface area contributed by atoms with Crippen LogP contribution in [-0.2, 0) is 6.54 Å². The standard InChI is InChI=1S/C13H23BrN2S/c1-11(2)4-5-15-6-7-16(3)9-12-8-13(14)17-10-12/h8,10-11,15H,4-7,9H2,1-3H3. The van der Waals surface area contributed by atoms with E-state index in [4.69, 9.17) is 0 Å². The van der Waals surface area contributed by atoms with Gasteiger partial charge < -0.3 is 10.2 Å². The van der Waals surface area contributed by atoms with Crippen LogP contribution in [0.5, 0.6) is 0 Å². The first-order valence-electron chi connectivity index (χ1n) is 6.20. The second-order valence-electron chi connectivity index (χ2n) is 4.93. The Kier molecular flexibility index (Phi) is 7.35. The van der Waals surface area contributed by atoms with Crippen molar-refractivity contribution in [1.29, 1.82) is 0 Å². The Morgan fingerprint density at radius 2 is 2.18 bits per heavy atom. The molecule has 0 aliphatic carbocycles. The molecule has 1 rings (SSSR count). The van der Waals surface area contributed by atoms with Gasteiger partial charge >= 0.3 is 0 Å². The van der Waals surface area contributed by atoms with Crippen molar-refractivity contribution in [2.45, 2.75) is 26.8 Å². The summed E-state index contributed by atoms with van der Waals surface area (Å²) in [5.74, 6) is 0.795. The highest BCUT2D eigenvalue weighted by molar-refractivity contribution is 9.11. The third kappa shape index (κ3) is 7.19. The monoisotopic (exact) mass is 318 g/mol.